The SMILES string of the molecule is CC(S)(NC(=O)OCc1ccccc1)C(=O)O. The molecule has 1 aromatic rings. The van der Waals surface area contributed by atoms with Crippen molar-refractivity contribution in [2.75, 3.05) is 0 Å². The van der Waals surface area contributed by atoms with E-state index in [2.05, 4.69) is 17.9 Å². The maximum Gasteiger partial charge on any atom is 0.409 e. The molecule has 0 aliphatic rings. The van der Waals surface area contributed by atoms with E-state index >= 15 is 0 Å². The first-order valence-electron chi connectivity index (χ1n) is 4.86. The van der Waals surface area contributed by atoms with Crippen molar-refractivity contribution < 1.29 is 19.4 Å². The minimum absolute atomic E-state index is 0.0795. The van der Waals surface area contributed by atoms with Crippen LogP contribution in [0.25, 0.3) is 0 Å². The number of rotatable bonds is 4. The molecule has 1 aromatic carbocycles. The number of thiol groups is 1. The summed E-state index contributed by atoms with van der Waals surface area (Å²) in [4.78, 5) is 20.3. The van der Waals surface area contributed by atoms with Crippen LogP contribution in [0, 0.1) is 0 Å². The van der Waals surface area contributed by atoms with E-state index in [1.165, 1.54) is 6.92 Å². The zero-order valence-corrected chi connectivity index (χ0v) is 10.1. The summed E-state index contributed by atoms with van der Waals surface area (Å²) >= 11 is 3.79. The molecule has 1 unspecified atom stereocenters. The van der Waals surface area contributed by atoms with Gasteiger partial charge in [0.15, 0.2) is 4.87 Å². The molecule has 0 aliphatic heterocycles. The smallest absolute Gasteiger partial charge is 0.409 e. The molecule has 2 N–H and O–H groups in total. The minimum Gasteiger partial charge on any atom is -0.479 e. The number of benzene rings is 1. The highest BCUT2D eigenvalue weighted by molar-refractivity contribution is 7.82. The Labute approximate surface area is 104 Å². The van der Waals surface area contributed by atoms with Crippen molar-refractivity contribution in [1.82, 2.24) is 5.32 Å². The summed E-state index contributed by atoms with van der Waals surface area (Å²) in [5, 5.41) is 10.9. The van der Waals surface area contributed by atoms with Gasteiger partial charge in [-0.3, -0.25) is 5.32 Å². The van der Waals surface area contributed by atoms with Gasteiger partial charge in [0.1, 0.15) is 6.61 Å². The predicted octanol–water partition coefficient (Wildman–Crippen LogP) is 1.64. The molecule has 6 heteroatoms. The molecule has 0 saturated heterocycles. The lowest BCUT2D eigenvalue weighted by Gasteiger charge is -2.19. The number of aliphatic carboxylic acids is 1. The fraction of sp³-hybridized carbons (Fsp3) is 0.273. The molecule has 0 heterocycles. The first-order valence-corrected chi connectivity index (χ1v) is 5.31. The lowest BCUT2D eigenvalue weighted by molar-refractivity contribution is -0.140. The standard InChI is InChI=1S/C11H13NO4S/c1-11(17,9(13)14)12-10(15)16-7-8-5-3-2-4-6-8/h2-6,17H,7H2,1H3,(H,12,15)(H,13,14). The van der Waals surface area contributed by atoms with E-state index in [4.69, 9.17) is 9.84 Å². The van der Waals surface area contributed by atoms with Gasteiger partial charge in [-0.2, -0.15) is 0 Å². The third-order valence-corrected chi connectivity index (χ3v) is 2.28. The Balaban J connectivity index is 2.44. The molecular weight excluding hydrogens is 242 g/mol. The van der Waals surface area contributed by atoms with E-state index in [1.54, 1.807) is 12.1 Å². The van der Waals surface area contributed by atoms with Crippen molar-refractivity contribution in [3.05, 3.63) is 35.9 Å². The van der Waals surface area contributed by atoms with Crippen LogP contribution in [-0.4, -0.2) is 22.0 Å². The van der Waals surface area contributed by atoms with Gasteiger partial charge in [0.05, 0.1) is 0 Å². The quantitative estimate of drug-likeness (QED) is 0.565. The fourth-order valence-electron chi connectivity index (χ4n) is 1.01. The van der Waals surface area contributed by atoms with Gasteiger partial charge in [-0.15, -0.1) is 12.6 Å². The lowest BCUT2D eigenvalue weighted by Crippen LogP contribution is -2.47. The van der Waals surface area contributed by atoms with Crippen molar-refractivity contribution in [1.29, 1.82) is 0 Å². The molecule has 0 saturated carbocycles. The van der Waals surface area contributed by atoms with Crippen LogP contribution in [0.4, 0.5) is 4.79 Å². The Morgan fingerprint density at radius 3 is 2.53 bits per heavy atom. The largest absolute Gasteiger partial charge is 0.479 e. The van der Waals surface area contributed by atoms with Crippen LogP contribution in [0.15, 0.2) is 30.3 Å². The van der Waals surface area contributed by atoms with E-state index in [0.717, 1.165) is 5.56 Å². The summed E-state index contributed by atoms with van der Waals surface area (Å²) in [6.45, 7) is 1.33. The van der Waals surface area contributed by atoms with Crippen LogP contribution >= 0.6 is 12.6 Å². The van der Waals surface area contributed by atoms with E-state index in [0.29, 0.717) is 0 Å². The second-order valence-electron chi connectivity index (χ2n) is 3.56. The van der Waals surface area contributed by atoms with Crippen molar-refractivity contribution in [3.63, 3.8) is 0 Å². The van der Waals surface area contributed by atoms with Crippen LogP contribution in [0.2, 0.25) is 0 Å². The predicted molar refractivity (Wildman–Crippen MR) is 64.8 cm³/mol. The Morgan fingerprint density at radius 1 is 1.41 bits per heavy atom. The Hall–Kier alpha value is -1.69. The highest BCUT2D eigenvalue weighted by atomic mass is 32.1. The average Bonchev–Trinajstić information content (AvgIpc) is 2.27. The number of carbonyl (C=O) groups is 2. The maximum absolute atomic E-state index is 11.3. The number of amides is 1. The van der Waals surface area contributed by atoms with Crippen LogP contribution in [0.5, 0.6) is 0 Å². The van der Waals surface area contributed by atoms with Gasteiger partial charge < -0.3 is 9.84 Å². The Kier molecular flexibility index (Phi) is 4.39. The number of carboxylic acids is 1. The molecule has 5 nitrogen and oxygen atoms in total. The molecule has 0 aromatic heterocycles. The number of hydrogen-bond donors (Lipinski definition) is 3. The second kappa shape index (κ2) is 5.58. The lowest BCUT2D eigenvalue weighted by atomic mass is 10.2. The third kappa shape index (κ3) is 4.36. The van der Waals surface area contributed by atoms with Gasteiger partial charge in [0, 0.05) is 0 Å². The summed E-state index contributed by atoms with van der Waals surface area (Å²) in [5.41, 5.74) is 0.818. The molecule has 1 amide bonds. The number of alkyl carbamates (subject to hydrolysis) is 1. The zero-order chi connectivity index (χ0) is 12.9. The Morgan fingerprint density at radius 2 is 2.00 bits per heavy atom. The van der Waals surface area contributed by atoms with Crippen LogP contribution in [0.1, 0.15) is 12.5 Å². The summed E-state index contributed by atoms with van der Waals surface area (Å²) in [6.07, 6.45) is -0.825. The molecule has 0 spiro atoms. The van der Waals surface area contributed by atoms with E-state index in [-0.39, 0.29) is 6.61 Å². The number of hydrogen-bond acceptors (Lipinski definition) is 4. The molecule has 0 aliphatic carbocycles. The van der Waals surface area contributed by atoms with Crippen molar-refractivity contribution in [2.45, 2.75) is 18.4 Å². The topological polar surface area (TPSA) is 75.6 Å². The summed E-state index contributed by atoms with van der Waals surface area (Å²) in [6, 6.07) is 9.07. The first kappa shape index (κ1) is 13.4. The van der Waals surface area contributed by atoms with E-state index in [1.807, 2.05) is 18.2 Å². The molecule has 0 fully saturated rings. The highest BCUT2D eigenvalue weighted by Crippen LogP contribution is 2.09. The van der Waals surface area contributed by atoms with Gasteiger partial charge in [0.25, 0.3) is 0 Å². The number of carbonyl (C=O) groups excluding carboxylic acids is 1. The van der Waals surface area contributed by atoms with Crippen molar-refractivity contribution >= 4 is 24.7 Å². The normalized spacial score (nSPS) is 13.5. The van der Waals surface area contributed by atoms with Gasteiger partial charge in [-0.25, -0.2) is 9.59 Å². The molecular formula is C11H13NO4S. The fourth-order valence-corrected chi connectivity index (χ4v) is 1.10. The maximum atomic E-state index is 11.3. The highest BCUT2D eigenvalue weighted by Gasteiger charge is 2.30. The molecule has 17 heavy (non-hydrogen) atoms. The van der Waals surface area contributed by atoms with Gasteiger partial charge in [-0.05, 0) is 12.5 Å². The van der Waals surface area contributed by atoms with Crippen molar-refractivity contribution in [3.8, 4) is 0 Å². The molecule has 1 rings (SSSR count). The number of carboxylic acid groups (broad SMARTS) is 1. The second-order valence-corrected chi connectivity index (χ2v) is 4.46. The van der Waals surface area contributed by atoms with Gasteiger partial charge in [-0.1, -0.05) is 30.3 Å². The number of ether oxygens (including phenoxy) is 1. The summed E-state index contributed by atoms with van der Waals surface area (Å²) in [5.74, 6) is -1.25. The molecule has 0 bridgehead atoms. The molecule has 0 radical (unpaired) electrons. The Bertz CT molecular complexity index is 405. The van der Waals surface area contributed by atoms with Crippen LogP contribution in [0.3, 0.4) is 0 Å². The van der Waals surface area contributed by atoms with Gasteiger partial charge >= 0.3 is 12.1 Å². The van der Waals surface area contributed by atoms with Crippen LogP contribution < -0.4 is 5.32 Å². The molecule has 92 valence electrons. The third-order valence-electron chi connectivity index (χ3n) is 1.97. The van der Waals surface area contributed by atoms with Crippen LogP contribution in [-0.2, 0) is 16.1 Å². The zero-order valence-electron chi connectivity index (χ0n) is 9.21. The summed E-state index contributed by atoms with van der Waals surface area (Å²) in [7, 11) is 0. The number of nitrogens with one attached hydrogen (secondary N) is 1. The summed E-state index contributed by atoms with van der Waals surface area (Å²) < 4.78 is 4.85. The average molecular weight is 255 g/mol. The monoisotopic (exact) mass is 255 g/mol. The van der Waals surface area contributed by atoms with Gasteiger partial charge in [0.2, 0.25) is 0 Å². The first-order chi connectivity index (χ1) is 7.92. The van der Waals surface area contributed by atoms with Crippen molar-refractivity contribution in [2.24, 2.45) is 0 Å². The molecule has 1 atom stereocenters. The van der Waals surface area contributed by atoms with E-state index in [9.17, 15) is 9.59 Å². The van der Waals surface area contributed by atoms with E-state index < -0.39 is 16.9 Å². The minimum atomic E-state index is -1.65.